The molecule has 9 nitrogen and oxygen atoms in total. The molecule has 0 aromatic heterocycles. The smallest absolute Gasteiger partial charge is 0.260 e. The van der Waals surface area contributed by atoms with Gasteiger partial charge in [-0.3, -0.25) is 13.9 Å². The van der Waals surface area contributed by atoms with Crippen LogP contribution in [0.3, 0.4) is 0 Å². The van der Waals surface area contributed by atoms with Crippen molar-refractivity contribution in [3.8, 4) is 5.75 Å². The lowest BCUT2D eigenvalue weighted by molar-refractivity contribution is -0.134. The molecule has 1 saturated heterocycles. The third-order valence-electron chi connectivity index (χ3n) is 6.79. The van der Waals surface area contributed by atoms with E-state index in [-0.39, 0.29) is 24.7 Å². The molecule has 0 radical (unpaired) electrons. The van der Waals surface area contributed by atoms with Crippen LogP contribution in [-0.4, -0.2) is 82.6 Å². The molecule has 0 aliphatic carbocycles. The summed E-state index contributed by atoms with van der Waals surface area (Å²) >= 11 is -2.38. The van der Waals surface area contributed by atoms with Gasteiger partial charge in [0, 0.05) is 57.1 Å². The van der Waals surface area contributed by atoms with Crippen molar-refractivity contribution in [1.82, 2.24) is 9.80 Å². The molecule has 2 heterocycles. The number of anilines is 2. The van der Waals surface area contributed by atoms with Gasteiger partial charge in [0.1, 0.15) is 5.75 Å². The van der Waals surface area contributed by atoms with Crippen molar-refractivity contribution < 1.29 is 23.4 Å². The van der Waals surface area contributed by atoms with E-state index in [1.165, 1.54) is 11.4 Å². The van der Waals surface area contributed by atoms with E-state index in [4.69, 9.17) is 4.74 Å². The number of nitrogens with one attached hydrogen (secondary N) is 1. The van der Waals surface area contributed by atoms with Gasteiger partial charge < -0.3 is 28.9 Å². The lowest BCUT2D eigenvalue weighted by Gasteiger charge is -2.32. The van der Waals surface area contributed by atoms with E-state index in [1.54, 1.807) is 24.1 Å². The standard InChI is InChI=1S/C25H34N4O5S/c1-27(22(18-7-4-3-5-8-18)16-29-14-12-19(30)15-29)24(31)17-34-23-11-10-21(28(2)35(32)33)20-9-6-13-26-25(20)23/h3-5,7-8,10-11,19,22,26,30H,6,9,12-17H2,1-2H3,(H,32,33)/p-1/t19-,22+/m0/s1. The molecule has 190 valence electrons. The maximum atomic E-state index is 13.2. The number of amides is 1. The summed E-state index contributed by atoms with van der Waals surface area (Å²) in [5.41, 5.74) is 3.25. The normalized spacial score (nSPS) is 19.4. The SMILES string of the molecule is CN(C(=O)COc1ccc(N(C)S(=O)[O-])c2c1NCCC2)[C@H](CN1CC[C@H](O)C1)c1ccccc1. The van der Waals surface area contributed by atoms with E-state index in [0.29, 0.717) is 24.5 Å². The number of ether oxygens (including phenoxy) is 1. The molecule has 10 heteroatoms. The molecule has 2 aromatic rings. The molecule has 3 atom stereocenters. The van der Waals surface area contributed by atoms with Crippen molar-refractivity contribution in [1.29, 1.82) is 0 Å². The summed E-state index contributed by atoms with van der Waals surface area (Å²) in [5, 5.41) is 13.2. The lowest BCUT2D eigenvalue weighted by atomic mass is 10.0. The van der Waals surface area contributed by atoms with Crippen LogP contribution in [0, 0.1) is 0 Å². The van der Waals surface area contributed by atoms with E-state index >= 15 is 0 Å². The van der Waals surface area contributed by atoms with Crippen molar-refractivity contribution in [3.05, 3.63) is 53.6 Å². The molecular formula is C25H33N4O5S-. The minimum absolute atomic E-state index is 0.140. The molecule has 4 rings (SSSR count). The van der Waals surface area contributed by atoms with Gasteiger partial charge in [-0.2, -0.15) is 0 Å². The highest BCUT2D eigenvalue weighted by molar-refractivity contribution is 7.80. The Bertz CT molecular complexity index is 1050. The second-order valence-electron chi connectivity index (χ2n) is 9.10. The number of likely N-dealkylation sites (tertiary alicyclic amines) is 1. The molecule has 35 heavy (non-hydrogen) atoms. The number of β-amino-alcohol motifs (C(OH)–C–C–N with tert-alkyl or cyclic N) is 1. The molecule has 0 saturated carbocycles. The van der Waals surface area contributed by atoms with Crippen LogP contribution >= 0.6 is 0 Å². The number of rotatable bonds is 9. The minimum atomic E-state index is -2.38. The van der Waals surface area contributed by atoms with Crippen molar-refractivity contribution in [2.45, 2.75) is 31.4 Å². The van der Waals surface area contributed by atoms with Crippen molar-refractivity contribution in [2.75, 3.05) is 56.5 Å². The highest BCUT2D eigenvalue weighted by Crippen LogP contribution is 2.39. The fraction of sp³-hybridized carbons (Fsp3) is 0.480. The predicted molar refractivity (Wildman–Crippen MR) is 135 cm³/mol. The number of likely N-dealkylation sites (N-methyl/N-ethyl adjacent to an activating group) is 1. The Hall–Kier alpha value is -2.66. The Balaban J connectivity index is 1.49. The number of nitrogens with zero attached hydrogens (tertiary/aromatic N) is 3. The van der Waals surface area contributed by atoms with E-state index in [2.05, 4.69) is 10.2 Å². The third kappa shape index (κ3) is 5.95. The summed E-state index contributed by atoms with van der Waals surface area (Å²) in [6.07, 6.45) is 2.03. The van der Waals surface area contributed by atoms with Gasteiger partial charge >= 0.3 is 0 Å². The molecule has 0 bridgehead atoms. The molecule has 1 fully saturated rings. The summed E-state index contributed by atoms with van der Waals surface area (Å²) < 4.78 is 30.2. The van der Waals surface area contributed by atoms with Gasteiger partial charge in [0.05, 0.1) is 23.5 Å². The number of carbonyl (C=O) groups is 1. The number of fused-ring (bicyclic) bond motifs is 1. The maximum absolute atomic E-state index is 13.2. The van der Waals surface area contributed by atoms with Crippen LogP contribution < -0.4 is 14.4 Å². The molecule has 2 aliphatic heterocycles. The number of hydrogen-bond acceptors (Lipinski definition) is 7. The maximum Gasteiger partial charge on any atom is 0.260 e. The summed E-state index contributed by atoms with van der Waals surface area (Å²) in [6.45, 7) is 2.65. The Labute approximate surface area is 209 Å². The van der Waals surface area contributed by atoms with Gasteiger partial charge in [0.25, 0.3) is 5.91 Å². The van der Waals surface area contributed by atoms with Crippen LogP contribution in [0.25, 0.3) is 0 Å². The Morgan fingerprint density at radius 3 is 2.74 bits per heavy atom. The van der Waals surface area contributed by atoms with Gasteiger partial charge in [0.2, 0.25) is 0 Å². The van der Waals surface area contributed by atoms with Crippen molar-refractivity contribution in [3.63, 3.8) is 0 Å². The number of benzene rings is 2. The van der Waals surface area contributed by atoms with Crippen LogP contribution in [0.1, 0.15) is 30.0 Å². The molecule has 1 amide bonds. The van der Waals surface area contributed by atoms with E-state index < -0.39 is 11.3 Å². The summed E-state index contributed by atoms with van der Waals surface area (Å²) in [5.74, 6) is 0.374. The van der Waals surface area contributed by atoms with Crippen LogP contribution in [0.4, 0.5) is 11.4 Å². The molecular weight excluding hydrogens is 468 g/mol. The molecule has 2 aromatic carbocycles. The zero-order valence-corrected chi connectivity index (χ0v) is 21.0. The number of carbonyl (C=O) groups excluding carboxylic acids is 1. The van der Waals surface area contributed by atoms with E-state index in [9.17, 15) is 18.7 Å². The monoisotopic (exact) mass is 501 g/mol. The topological polar surface area (TPSA) is 108 Å². The average molecular weight is 502 g/mol. The second-order valence-corrected chi connectivity index (χ2v) is 10.1. The van der Waals surface area contributed by atoms with Gasteiger partial charge in [-0.1, -0.05) is 30.3 Å². The highest BCUT2D eigenvalue weighted by Gasteiger charge is 2.28. The number of aliphatic hydroxyl groups is 1. The Morgan fingerprint density at radius 1 is 1.29 bits per heavy atom. The van der Waals surface area contributed by atoms with E-state index in [1.807, 2.05) is 30.3 Å². The van der Waals surface area contributed by atoms with Crippen molar-refractivity contribution >= 4 is 28.5 Å². The first-order chi connectivity index (χ1) is 16.8. The quantitative estimate of drug-likeness (QED) is 0.506. The third-order valence-corrected chi connectivity index (χ3v) is 7.44. The lowest BCUT2D eigenvalue weighted by Crippen LogP contribution is -2.41. The van der Waals surface area contributed by atoms with Gasteiger partial charge in [-0.25, -0.2) is 0 Å². The Kier molecular flexibility index (Phi) is 8.27. The molecule has 2 aliphatic rings. The second kappa shape index (κ2) is 11.4. The summed E-state index contributed by atoms with van der Waals surface area (Å²) in [7, 11) is 3.29. The van der Waals surface area contributed by atoms with Crippen LogP contribution in [0.5, 0.6) is 5.75 Å². The van der Waals surface area contributed by atoms with Gasteiger partial charge in [-0.05, 0) is 37.0 Å². The minimum Gasteiger partial charge on any atom is -0.755 e. The number of hydrogen-bond donors (Lipinski definition) is 2. The highest BCUT2D eigenvalue weighted by atomic mass is 32.2. The largest absolute Gasteiger partial charge is 0.755 e. The average Bonchev–Trinajstić information content (AvgIpc) is 3.29. The van der Waals surface area contributed by atoms with Crippen molar-refractivity contribution in [2.24, 2.45) is 0 Å². The zero-order chi connectivity index (χ0) is 24.9. The first-order valence-corrected chi connectivity index (χ1v) is 12.9. The van der Waals surface area contributed by atoms with Gasteiger partial charge in [0.15, 0.2) is 6.61 Å². The van der Waals surface area contributed by atoms with Crippen LogP contribution in [0.2, 0.25) is 0 Å². The Morgan fingerprint density at radius 2 is 2.06 bits per heavy atom. The summed E-state index contributed by atoms with van der Waals surface area (Å²) in [6, 6.07) is 13.1. The fourth-order valence-corrected chi connectivity index (χ4v) is 5.13. The first-order valence-electron chi connectivity index (χ1n) is 11.9. The first kappa shape index (κ1) is 25.4. The molecule has 1 unspecified atom stereocenters. The van der Waals surface area contributed by atoms with Crippen LogP contribution in [-0.2, 0) is 22.5 Å². The summed E-state index contributed by atoms with van der Waals surface area (Å²) in [4.78, 5) is 17.1. The molecule has 0 spiro atoms. The number of aliphatic hydroxyl groups excluding tert-OH is 1. The molecule has 2 N–H and O–H groups in total. The predicted octanol–water partition coefficient (Wildman–Crippen LogP) is 1.92. The van der Waals surface area contributed by atoms with Crippen LogP contribution in [0.15, 0.2) is 42.5 Å². The van der Waals surface area contributed by atoms with Gasteiger partial charge in [-0.15, -0.1) is 0 Å². The fourth-order valence-electron chi connectivity index (χ4n) is 4.80. The zero-order valence-electron chi connectivity index (χ0n) is 20.2. The van der Waals surface area contributed by atoms with E-state index in [0.717, 1.165) is 49.2 Å².